The zero-order chi connectivity index (χ0) is 33.0. The molecule has 3 heterocycles. The van der Waals surface area contributed by atoms with Gasteiger partial charge in [-0.1, -0.05) is 133 Å². The van der Waals surface area contributed by atoms with Gasteiger partial charge in [-0.15, -0.1) is 11.3 Å². The van der Waals surface area contributed by atoms with Crippen LogP contribution in [0.3, 0.4) is 0 Å². The van der Waals surface area contributed by atoms with Crippen LogP contribution in [0.15, 0.2) is 180 Å². The second-order valence-corrected chi connectivity index (χ2v) is 13.7. The summed E-state index contributed by atoms with van der Waals surface area (Å²) in [6.07, 6.45) is -0.373. The number of nitrogens with one attached hydrogen (secondary N) is 1. The summed E-state index contributed by atoms with van der Waals surface area (Å²) in [5.41, 5.74) is 9.21. The number of benzene rings is 7. The van der Waals surface area contributed by atoms with Gasteiger partial charge in [-0.05, 0) is 47.5 Å². The van der Waals surface area contributed by atoms with Crippen molar-refractivity contribution in [3.8, 4) is 16.8 Å². The summed E-state index contributed by atoms with van der Waals surface area (Å²) in [6, 6.07) is 60.3. The van der Waals surface area contributed by atoms with Crippen LogP contribution in [0.1, 0.15) is 22.9 Å². The molecule has 0 saturated heterocycles. The molecule has 1 aliphatic rings. The van der Waals surface area contributed by atoms with E-state index in [0.717, 1.165) is 28.4 Å². The first kappa shape index (κ1) is 28.7. The standard InChI is InChI=1S/C45H30N4S/c1-4-13-29(14-5-1)43-46-44(30-15-6-2-7-16-30)48-45(47-43)37-21-12-20-36-35-25-23-32(28-41(35)50-42(36)37)31-24-26-40-38(27-31)34-19-10-11-22-39(34)49(40)33-17-8-3-9-18-33/h1-28,45H,(H,46,47,48). The molecule has 236 valence electrons. The Kier molecular flexibility index (Phi) is 6.71. The number of aliphatic imine (C=N–C) groups is 2. The Labute approximate surface area is 293 Å². The molecule has 50 heavy (non-hydrogen) atoms. The molecule has 0 unspecified atom stereocenters. The normalized spacial score (nSPS) is 13.5. The Morgan fingerprint density at radius 3 is 1.80 bits per heavy atom. The Morgan fingerprint density at radius 1 is 0.460 bits per heavy atom. The second kappa shape index (κ2) is 11.7. The molecule has 0 spiro atoms. The van der Waals surface area contributed by atoms with Crippen LogP contribution in [0.4, 0.5) is 0 Å². The SMILES string of the molecule is c1ccc(C2=NC(c3cccc4c3sc3cc(-c5ccc6c(c5)c5ccccc5n6-c5ccccc5)ccc34)N=C(c3ccccc3)N2)cc1. The van der Waals surface area contributed by atoms with Gasteiger partial charge < -0.3 is 9.88 Å². The molecule has 2 aromatic heterocycles. The van der Waals surface area contributed by atoms with Crippen molar-refractivity contribution < 1.29 is 0 Å². The number of rotatable bonds is 5. The first-order chi connectivity index (χ1) is 24.8. The van der Waals surface area contributed by atoms with E-state index in [9.17, 15) is 0 Å². The molecule has 0 amide bonds. The van der Waals surface area contributed by atoms with E-state index in [0.29, 0.717) is 0 Å². The van der Waals surface area contributed by atoms with Gasteiger partial charge in [0.1, 0.15) is 11.7 Å². The highest BCUT2D eigenvalue weighted by molar-refractivity contribution is 7.26. The molecule has 10 rings (SSSR count). The number of amidine groups is 2. The van der Waals surface area contributed by atoms with Gasteiger partial charge in [-0.25, -0.2) is 9.98 Å². The fourth-order valence-corrected chi connectivity index (χ4v) is 8.56. The Balaban J connectivity index is 1.10. The number of hydrogen-bond acceptors (Lipinski definition) is 4. The van der Waals surface area contributed by atoms with E-state index in [2.05, 4.69) is 143 Å². The van der Waals surface area contributed by atoms with Gasteiger partial charge in [0.05, 0.1) is 11.0 Å². The minimum absolute atomic E-state index is 0.373. The number of fused-ring (bicyclic) bond motifs is 6. The Morgan fingerprint density at radius 2 is 1.06 bits per heavy atom. The van der Waals surface area contributed by atoms with Crippen LogP contribution < -0.4 is 5.32 Å². The van der Waals surface area contributed by atoms with E-state index in [1.54, 1.807) is 0 Å². The maximum Gasteiger partial charge on any atom is 0.171 e. The van der Waals surface area contributed by atoms with Gasteiger partial charge in [0, 0.05) is 53.3 Å². The molecule has 1 N–H and O–H groups in total. The highest BCUT2D eigenvalue weighted by atomic mass is 32.1. The first-order valence-electron chi connectivity index (χ1n) is 16.9. The van der Waals surface area contributed by atoms with E-state index in [-0.39, 0.29) is 6.17 Å². The minimum Gasteiger partial charge on any atom is -0.324 e. The van der Waals surface area contributed by atoms with Crippen molar-refractivity contribution >= 4 is 65.0 Å². The predicted octanol–water partition coefficient (Wildman–Crippen LogP) is 11.3. The van der Waals surface area contributed by atoms with Crippen molar-refractivity contribution in [1.29, 1.82) is 0 Å². The third kappa shape index (κ3) is 4.74. The van der Waals surface area contributed by atoms with E-state index in [1.165, 1.54) is 58.8 Å². The van der Waals surface area contributed by atoms with Crippen molar-refractivity contribution in [3.05, 3.63) is 187 Å². The number of aromatic nitrogens is 1. The third-order valence-electron chi connectivity index (χ3n) is 9.66. The van der Waals surface area contributed by atoms with Crippen LogP contribution in [0, 0.1) is 0 Å². The van der Waals surface area contributed by atoms with Gasteiger partial charge in [-0.2, -0.15) is 0 Å². The molecule has 0 radical (unpaired) electrons. The lowest BCUT2D eigenvalue weighted by atomic mass is 10.0. The van der Waals surface area contributed by atoms with Crippen LogP contribution in [0.5, 0.6) is 0 Å². The van der Waals surface area contributed by atoms with E-state index in [1.807, 2.05) is 47.7 Å². The molecule has 0 saturated carbocycles. The fourth-order valence-electron chi connectivity index (χ4n) is 7.29. The minimum atomic E-state index is -0.373. The van der Waals surface area contributed by atoms with Crippen LogP contribution in [-0.2, 0) is 0 Å². The molecule has 0 aliphatic carbocycles. The van der Waals surface area contributed by atoms with Crippen LogP contribution in [-0.4, -0.2) is 16.2 Å². The summed E-state index contributed by atoms with van der Waals surface area (Å²) in [5, 5.41) is 8.53. The van der Waals surface area contributed by atoms with Gasteiger partial charge in [0.25, 0.3) is 0 Å². The zero-order valence-electron chi connectivity index (χ0n) is 27.0. The predicted molar refractivity (Wildman–Crippen MR) is 211 cm³/mol. The summed E-state index contributed by atoms with van der Waals surface area (Å²) in [4.78, 5) is 10.4. The van der Waals surface area contributed by atoms with Crippen LogP contribution >= 0.6 is 11.3 Å². The molecule has 4 nitrogen and oxygen atoms in total. The maximum atomic E-state index is 5.18. The Hall–Kier alpha value is -6.30. The topological polar surface area (TPSA) is 41.7 Å². The van der Waals surface area contributed by atoms with E-state index >= 15 is 0 Å². The number of thiophene rings is 1. The molecule has 1 aliphatic heterocycles. The summed E-state index contributed by atoms with van der Waals surface area (Å²) < 4.78 is 4.84. The van der Waals surface area contributed by atoms with Crippen LogP contribution in [0.2, 0.25) is 0 Å². The molecule has 9 aromatic rings. The van der Waals surface area contributed by atoms with Gasteiger partial charge in [0.15, 0.2) is 6.17 Å². The Bertz CT molecular complexity index is 2720. The van der Waals surface area contributed by atoms with Crippen molar-refractivity contribution in [2.45, 2.75) is 6.17 Å². The molecular formula is C45H30N4S. The monoisotopic (exact) mass is 658 g/mol. The largest absolute Gasteiger partial charge is 0.324 e. The molecule has 0 atom stereocenters. The number of nitrogens with zero attached hydrogens (tertiary/aromatic N) is 3. The van der Waals surface area contributed by atoms with Gasteiger partial charge in [-0.3, -0.25) is 0 Å². The quantitative estimate of drug-likeness (QED) is 0.196. The summed E-state index contributed by atoms with van der Waals surface area (Å²) in [5.74, 6) is 1.66. The molecule has 0 fully saturated rings. The lowest BCUT2D eigenvalue weighted by molar-refractivity contribution is 0.763. The summed E-state index contributed by atoms with van der Waals surface area (Å²) >= 11 is 1.83. The number of hydrogen-bond donors (Lipinski definition) is 1. The number of para-hydroxylation sites is 2. The van der Waals surface area contributed by atoms with Crippen molar-refractivity contribution in [3.63, 3.8) is 0 Å². The lowest BCUT2D eigenvalue weighted by Gasteiger charge is -2.22. The second-order valence-electron chi connectivity index (χ2n) is 12.6. The highest BCUT2D eigenvalue weighted by Gasteiger charge is 2.23. The van der Waals surface area contributed by atoms with E-state index in [4.69, 9.17) is 9.98 Å². The molecular weight excluding hydrogens is 629 g/mol. The highest BCUT2D eigenvalue weighted by Crippen LogP contribution is 2.42. The third-order valence-corrected chi connectivity index (χ3v) is 10.9. The van der Waals surface area contributed by atoms with Gasteiger partial charge >= 0.3 is 0 Å². The molecule has 7 aromatic carbocycles. The van der Waals surface area contributed by atoms with E-state index < -0.39 is 0 Å². The average molecular weight is 659 g/mol. The fraction of sp³-hybridized carbons (Fsp3) is 0.0222. The smallest absolute Gasteiger partial charge is 0.171 e. The van der Waals surface area contributed by atoms with Crippen LogP contribution in [0.25, 0.3) is 58.8 Å². The van der Waals surface area contributed by atoms with Crippen molar-refractivity contribution in [1.82, 2.24) is 9.88 Å². The van der Waals surface area contributed by atoms with Crippen molar-refractivity contribution in [2.24, 2.45) is 9.98 Å². The molecule has 0 bridgehead atoms. The van der Waals surface area contributed by atoms with Gasteiger partial charge in [0.2, 0.25) is 0 Å². The lowest BCUT2D eigenvalue weighted by Crippen LogP contribution is -2.36. The van der Waals surface area contributed by atoms with Crippen molar-refractivity contribution in [2.75, 3.05) is 0 Å². The maximum absolute atomic E-state index is 5.18. The average Bonchev–Trinajstić information content (AvgIpc) is 3.74. The zero-order valence-corrected chi connectivity index (χ0v) is 27.8. The molecule has 5 heteroatoms. The summed E-state index contributed by atoms with van der Waals surface area (Å²) in [7, 11) is 0. The summed E-state index contributed by atoms with van der Waals surface area (Å²) in [6.45, 7) is 0. The first-order valence-corrected chi connectivity index (χ1v) is 17.7.